The monoisotopic (exact) mass is 290 g/mol. The van der Waals surface area contributed by atoms with E-state index in [0.29, 0.717) is 11.6 Å². The van der Waals surface area contributed by atoms with E-state index < -0.39 is 10.0 Å². The third kappa shape index (κ3) is 6.35. The molecule has 1 aromatic carbocycles. The van der Waals surface area contributed by atoms with E-state index in [0.717, 1.165) is 18.5 Å². The standard InChI is InChI=1S/C12H19ClN2O2S/c1-2-6-14-7-8-18(16,17)15-10-11-4-3-5-12(13)9-11/h3-5,9,14-15H,2,6-8,10H2,1H3. The van der Waals surface area contributed by atoms with Gasteiger partial charge in [0.2, 0.25) is 10.0 Å². The second kappa shape index (κ2) is 7.74. The van der Waals surface area contributed by atoms with Crippen LogP contribution in [-0.2, 0) is 16.6 Å². The van der Waals surface area contributed by atoms with Gasteiger partial charge in [0, 0.05) is 18.1 Å². The lowest BCUT2D eigenvalue weighted by atomic mass is 10.2. The number of benzene rings is 1. The molecule has 0 bridgehead atoms. The molecule has 2 N–H and O–H groups in total. The van der Waals surface area contributed by atoms with Crippen molar-refractivity contribution in [3.8, 4) is 0 Å². The number of nitrogens with one attached hydrogen (secondary N) is 2. The Kier molecular flexibility index (Phi) is 6.63. The van der Waals surface area contributed by atoms with Crippen molar-refractivity contribution >= 4 is 21.6 Å². The van der Waals surface area contributed by atoms with Gasteiger partial charge in [-0.15, -0.1) is 0 Å². The molecule has 1 aromatic rings. The van der Waals surface area contributed by atoms with Crippen LogP contribution in [0.4, 0.5) is 0 Å². The zero-order valence-corrected chi connectivity index (χ0v) is 12.0. The van der Waals surface area contributed by atoms with E-state index in [1.165, 1.54) is 0 Å². The lowest BCUT2D eigenvalue weighted by Crippen LogP contribution is -2.31. The summed E-state index contributed by atoms with van der Waals surface area (Å²) in [6.45, 7) is 3.62. The number of hydrogen-bond donors (Lipinski definition) is 2. The van der Waals surface area contributed by atoms with Gasteiger partial charge in [-0.25, -0.2) is 13.1 Å². The van der Waals surface area contributed by atoms with Crippen molar-refractivity contribution in [1.29, 1.82) is 0 Å². The van der Waals surface area contributed by atoms with Gasteiger partial charge >= 0.3 is 0 Å². The van der Waals surface area contributed by atoms with Crippen molar-refractivity contribution in [2.45, 2.75) is 19.9 Å². The topological polar surface area (TPSA) is 58.2 Å². The molecule has 0 aromatic heterocycles. The zero-order chi connectivity index (χ0) is 13.4. The maximum Gasteiger partial charge on any atom is 0.213 e. The van der Waals surface area contributed by atoms with Crippen LogP contribution < -0.4 is 10.0 Å². The molecular formula is C12H19ClN2O2S. The zero-order valence-electron chi connectivity index (χ0n) is 10.4. The quantitative estimate of drug-likeness (QED) is 0.717. The molecule has 0 aliphatic heterocycles. The fourth-order valence-corrected chi connectivity index (χ4v) is 2.58. The Hall–Kier alpha value is -0.620. The third-order valence-electron chi connectivity index (χ3n) is 2.36. The smallest absolute Gasteiger partial charge is 0.213 e. The van der Waals surface area contributed by atoms with Crippen LogP contribution in [0.25, 0.3) is 0 Å². The van der Waals surface area contributed by atoms with E-state index in [9.17, 15) is 8.42 Å². The van der Waals surface area contributed by atoms with Crippen LogP contribution in [-0.4, -0.2) is 27.3 Å². The van der Waals surface area contributed by atoms with E-state index >= 15 is 0 Å². The minimum absolute atomic E-state index is 0.0908. The lowest BCUT2D eigenvalue weighted by Gasteiger charge is -2.07. The van der Waals surface area contributed by atoms with Gasteiger partial charge in [-0.2, -0.15) is 0 Å². The molecule has 0 atom stereocenters. The van der Waals surface area contributed by atoms with Gasteiger partial charge in [0.15, 0.2) is 0 Å². The molecule has 0 amide bonds. The van der Waals surface area contributed by atoms with Gasteiger partial charge in [0.1, 0.15) is 0 Å². The van der Waals surface area contributed by atoms with Crippen molar-refractivity contribution in [1.82, 2.24) is 10.0 Å². The molecule has 0 fully saturated rings. The van der Waals surface area contributed by atoms with Crippen LogP contribution >= 0.6 is 11.6 Å². The summed E-state index contributed by atoms with van der Waals surface area (Å²) in [5.41, 5.74) is 0.854. The summed E-state index contributed by atoms with van der Waals surface area (Å²) in [7, 11) is -3.23. The van der Waals surface area contributed by atoms with E-state index in [1.807, 2.05) is 13.0 Å². The Morgan fingerprint density at radius 1 is 1.28 bits per heavy atom. The minimum atomic E-state index is -3.23. The number of sulfonamides is 1. The predicted octanol–water partition coefficient (Wildman–Crippen LogP) is 1.76. The number of hydrogen-bond acceptors (Lipinski definition) is 3. The molecule has 0 saturated heterocycles. The molecule has 4 nitrogen and oxygen atoms in total. The molecule has 0 radical (unpaired) electrons. The first-order valence-electron chi connectivity index (χ1n) is 5.96. The molecule has 0 aliphatic carbocycles. The number of rotatable bonds is 8. The molecule has 6 heteroatoms. The van der Waals surface area contributed by atoms with Crippen LogP contribution in [0.1, 0.15) is 18.9 Å². The Bertz CT molecular complexity index is 463. The van der Waals surface area contributed by atoms with Crippen LogP contribution in [0.3, 0.4) is 0 Å². The second-order valence-corrected chi connectivity index (χ2v) is 6.38. The average Bonchev–Trinajstić information content (AvgIpc) is 2.33. The normalized spacial score (nSPS) is 11.7. The van der Waals surface area contributed by atoms with Crippen molar-refractivity contribution in [2.24, 2.45) is 0 Å². The van der Waals surface area contributed by atoms with E-state index in [-0.39, 0.29) is 12.3 Å². The predicted molar refractivity (Wildman–Crippen MR) is 75.2 cm³/mol. The first-order valence-corrected chi connectivity index (χ1v) is 7.99. The van der Waals surface area contributed by atoms with Gasteiger partial charge in [-0.05, 0) is 30.7 Å². The van der Waals surface area contributed by atoms with Gasteiger partial charge in [-0.1, -0.05) is 30.7 Å². The molecule has 102 valence electrons. The summed E-state index contributed by atoms with van der Waals surface area (Å²) in [6, 6.07) is 7.14. The van der Waals surface area contributed by atoms with E-state index in [2.05, 4.69) is 10.0 Å². The summed E-state index contributed by atoms with van der Waals surface area (Å²) in [6.07, 6.45) is 0.996. The summed E-state index contributed by atoms with van der Waals surface area (Å²) in [5, 5.41) is 3.67. The van der Waals surface area contributed by atoms with Gasteiger partial charge in [0.05, 0.1) is 5.75 Å². The van der Waals surface area contributed by atoms with Gasteiger partial charge in [-0.3, -0.25) is 0 Å². The Morgan fingerprint density at radius 3 is 2.72 bits per heavy atom. The summed E-state index contributed by atoms with van der Waals surface area (Å²) < 4.78 is 25.9. The van der Waals surface area contributed by atoms with Crippen molar-refractivity contribution in [3.63, 3.8) is 0 Å². The van der Waals surface area contributed by atoms with Crippen LogP contribution in [0, 0.1) is 0 Å². The first-order chi connectivity index (χ1) is 8.53. The summed E-state index contributed by atoms with van der Waals surface area (Å²) in [4.78, 5) is 0. The fourth-order valence-electron chi connectivity index (χ4n) is 1.42. The molecule has 1 rings (SSSR count). The highest BCUT2D eigenvalue weighted by molar-refractivity contribution is 7.89. The molecule has 0 spiro atoms. The Morgan fingerprint density at radius 2 is 2.06 bits per heavy atom. The largest absolute Gasteiger partial charge is 0.316 e. The lowest BCUT2D eigenvalue weighted by molar-refractivity contribution is 0.576. The highest BCUT2D eigenvalue weighted by atomic mass is 35.5. The third-order valence-corrected chi connectivity index (χ3v) is 3.92. The maximum absolute atomic E-state index is 11.7. The summed E-state index contributed by atoms with van der Waals surface area (Å²) in [5.74, 6) is 0.0908. The Balaban J connectivity index is 2.37. The molecular weight excluding hydrogens is 272 g/mol. The second-order valence-electron chi connectivity index (χ2n) is 4.02. The molecule has 0 saturated carbocycles. The highest BCUT2D eigenvalue weighted by Crippen LogP contribution is 2.10. The van der Waals surface area contributed by atoms with E-state index in [4.69, 9.17) is 11.6 Å². The van der Waals surface area contributed by atoms with Gasteiger partial charge in [0.25, 0.3) is 0 Å². The highest BCUT2D eigenvalue weighted by Gasteiger charge is 2.09. The van der Waals surface area contributed by atoms with Crippen LogP contribution in [0.5, 0.6) is 0 Å². The molecule has 0 heterocycles. The minimum Gasteiger partial charge on any atom is -0.316 e. The van der Waals surface area contributed by atoms with Crippen LogP contribution in [0.15, 0.2) is 24.3 Å². The average molecular weight is 291 g/mol. The summed E-state index contributed by atoms with van der Waals surface area (Å²) >= 11 is 5.83. The van der Waals surface area contributed by atoms with E-state index in [1.54, 1.807) is 18.2 Å². The maximum atomic E-state index is 11.7. The first kappa shape index (κ1) is 15.4. The van der Waals surface area contributed by atoms with Crippen molar-refractivity contribution < 1.29 is 8.42 Å². The fraction of sp³-hybridized carbons (Fsp3) is 0.500. The van der Waals surface area contributed by atoms with Gasteiger partial charge < -0.3 is 5.32 Å². The number of halogens is 1. The van der Waals surface area contributed by atoms with Crippen molar-refractivity contribution in [2.75, 3.05) is 18.8 Å². The molecule has 0 aliphatic rings. The SMILES string of the molecule is CCCNCCS(=O)(=O)NCc1cccc(Cl)c1. The Labute approximate surface area is 114 Å². The molecule has 18 heavy (non-hydrogen) atoms. The van der Waals surface area contributed by atoms with Crippen molar-refractivity contribution in [3.05, 3.63) is 34.9 Å². The molecule has 0 unspecified atom stereocenters. The van der Waals surface area contributed by atoms with Crippen LogP contribution in [0.2, 0.25) is 5.02 Å².